The molecule has 5 heteroatoms. The average molecular weight is 380 g/mol. The molecule has 0 bridgehead atoms. The molecule has 0 spiro atoms. The summed E-state index contributed by atoms with van der Waals surface area (Å²) in [4.78, 5) is 29.4. The number of carbonyl (C=O) groups excluding carboxylic acids is 2. The van der Waals surface area contributed by atoms with E-state index in [0.717, 1.165) is 54.6 Å². The van der Waals surface area contributed by atoms with Crippen LogP contribution in [0.4, 0.5) is 5.69 Å². The Kier molecular flexibility index (Phi) is 6.80. The molecule has 0 radical (unpaired) electrons. The number of aryl methyl sites for hydroxylation is 2. The van der Waals surface area contributed by atoms with Gasteiger partial charge in [0.2, 0.25) is 11.8 Å². The minimum atomic E-state index is -0.0239. The maximum absolute atomic E-state index is 12.8. The zero-order valence-electron chi connectivity index (χ0n) is 16.7. The molecule has 1 aliphatic carbocycles. The normalized spacial score (nSPS) is 19.1. The van der Waals surface area contributed by atoms with Crippen LogP contribution in [-0.4, -0.2) is 16.8 Å². The van der Waals surface area contributed by atoms with Gasteiger partial charge in [-0.05, 0) is 62.3 Å². The first-order valence-corrected chi connectivity index (χ1v) is 10.2. The van der Waals surface area contributed by atoms with Gasteiger partial charge in [0.1, 0.15) is 0 Å². The zero-order chi connectivity index (χ0) is 19.9. The van der Waals surface area contributed by atoms with Crippen molar-refractivity contribution in [1.82, 2.24) is 10.3 Å². The maximum Gasteiger partial charge on any atom is 0.227 e. The summed E-state index contributed by atoms with van der Waals surface area (Å²) in [6.07, 6.45) is 5.62. The Morgan fingerprint density at radius 1 is 1.00 bits per heavy atom. The van der Waals surface area contributed by atoms with Gasteiger partial charge in [0.05, 0.1) is 12.2 Å². The third-order valence-electron chi connectivity index (χ3n) is 5.63. The van der Waals surface area contributed by atoms with Gasteiger partial charge in [-0.2, -0.15) is 0 Å². The lowest BCUT2D eigenvalue weighted by Crippen LogP contribution is -2.35. The van der Waals surface area contributed by atoms with E-state index in [9.17, 15) is 9.59 Å². The number of pyridine rings is 1. The molecule has 2 N–H and O–H groups in total. The minimum absolute atomic E-state index is 0.0163. The lowest BCUT2D eigenvalue weighted by atomic mass is 9.81. The fourth-order valence-corrected chi connectivity index (χ4v) is 3.87. The molecule has 0 unspecified atom stereocenters. The fraction of sp³-hybridized carbons (Fsp3) is 0.435. The number of anilines is 1. The smallest absolute Gasteiger partial charge is 0.227 e. The quantitative estimate of drug-likeness (QED) is 0.796. The monoisotopic (exact) mass is 379 g/mol. The van der Waals surface area contributed by atoms with Crippen LogP contribution in [0.2, 0.25) is 0 Å². The summed E-state index contributed by atoms with van der Waals surface area (Å²) >= 11 is 0. The first-order chi connectivity index (χ1) is 13.6. The van der Waals surface area contributed by atoms with Gasteiger partial charge in [-0.25, -0.2) is 0 Å². The second-order valence-corrected chi connectivity index (χ2v) is 7.54. The van der Waals surface area contributed by atoms with Crippen LogP contribution in [0.15, 0.2) is 42.6 Å². The van der Waals surface area contributed by atoms with Gasteiger partial charge in [0, 0.05) is 23.7 Å². The van der Waals surface area contributed by atoms with E-state index >= 15 is 0 Å². The summed E-state index contributed by atoms with van der Waals surface area (Å²) < 4.78 is 0. The molecule has 0 atom stereocenters. The molecule has 28 heavy (non-hydrogen) atoms. The van der Waals surface area contributed by atoms with E-state index in [2.05, 4.69) is 28.6 Å². The highest BCUT2D eigenvalue weighted by Gasteiger charge is 2.30. The Hall–Kier alpha value is -2.69. The van der Waals surface area contributed by atoms with Crippen LogP contribution in [0.5, 0.6) is 0 Å². The number of carbonyl (C=O) groups is 2. The molecule has 1 fully saturated rings. The molecule has 2 amide bonds. The molecule has 3 rings (SSSR count). The van der Waals surface area contributed by atoms with E-state index in [-0.39, 0.29) is 23.7 Å². The SMILES string of the molecule is CCc1cccc(C)c1NC(=O)C1CCC(C(=O)NCc2ccccn2)CC1. The third kappa shape index (κ3) is 4.97. The molecule has 5 nitrogen and oxygen atoms in total. The first kappa shape index (κ1) is 20.1. The van der Waals surface area contributed by atoms with E-state index in [1.54, 1.807) is 6.20 Å². The number of aromatic nitrogens is 1. The van der Waals surface area contributed by atoms with Crippen LogP contribution in [0.3, 0.4) is 0 Å². The molecule has 1 aromatic heterocycles. The maximum atomic E-state index is 12.8. The highest BCUT2D eigenvalue weighted by molar-refractivity contribution is 5.94. The minimum Gasteiger partial charge on any atom is -0.350 e. The molecule has 1 aromatic carbocycles. The number of benzene rings is 1. The van der Waals surface area contributed by atoms with Gasteiger partial charge in [-0.1, -0.05) is 31.2 Å². The second-order valence-electron chi connectivity index (χ2n) is 7.54. The second kappa shape index (κ2) is 9.49. The molecule has 2 aromatic rings. The predicted molar refractivity (Wildman–Crippen MR) is 111 cm³/mol. The molecule has 1 aliphatic rings. The summed E-state index contributed by atoms with van der Waals surface area (Å²) in [6, 6.07) is 11.8. The number of rotatable bonds is 6. The molecule has 1 heterocycles. The number of nitrogens with one attached hydrogen (secondary N) is 2. The molecule has 0 saturated heterocycles. The number of para-hydroxylation sites is 1. The van der Waals surface area contributed by atoms with Crippen LogP contribution in [0.1, 0.15) is 49.4 Å². The van der Waals surface area contributed by atoms with Gasteiger partial charge >= 0.3 is 0 Å². The van der Waals surface area contributed by atoms with Crippen LogP contribution in [0, 0.1) is 18.8 Å². The highest BCUT2D eigenvalue weighted by atomic mass is 16.2. The van der Waals surface area contributed by atoms with Gasteiger partial charge in [0.15, 0.2) is 0 Å². The first-order valence-electron chi connectivity index (χ1n) is 10.2. The van der Waals surface area contributed by atoms with E-state index in [1.165, 1.54) is 0 Å². The lowest BCUT2D eigenvalue weighted by Gasteiger charge is -2.27. The third-order valence-corrected chi connectivity index (χ3v) is 5.63. The Morgan fingerprint density at radius 3 is 2.36 bits per heavy atom. The zero-order valence-corrected chi connectivity index (χ0v) is 16.7. The van der Waals surface area contributed by atoms with Gasteiger partial charge < -0.3 is 10.6 Å². The van der Waals surface area contributed by atoms with Crippen molar-refractivity contribution in [1.29, 1.82) is 0 Å². The summed E-state index contributed by atoms with van der Waals surface area (Å²) in [5.74, 6) is 0.106. The summed E-state index contributed by atoms with van der Waals surface area (Å²) in [5, 5.41) is 6.12. The van der Waals surface area contributed by atoms with Crippen molar-refractivity contribution < 1.29 is 9.59 Å². The molecule has 0 aliphatic heterocycles. The van der Waals surface area contributed by atoms with Crippen molar-refractivity contribution in [3.8, 4) is 0 Å². The Labute approximate surface area is 167 Å². The fourth-order valence-electron chi connectivity index (χ4n) is 3.87. The highest BCUT2D eigenvalue weighted by Crippen LogP contribution is 2.31. The number of amides is 2. The van der Waals surface area contributed by atoms with E-state index < -0.39 is 0 Å². The number of hydrogen-bond donors (Lipinski definition) is 2. The standard InChI is InChI=1S/C23H29N3O2/c1-3-17-8-6-7-16(2)21(17)26-23(28)19-12-10-18(11-13-19)22(27)25-15-20-9-4-5-14-24-20/h4-9,14,18-19H,3,10-13,15H2,1-2H3,(H,25,27)(H,26,28). The summed E-state index contributed by atoms with van der Waals surface area (Å²) in [5.41, 5.74) is 4.06. The van der Waals surface area contributed by atoms with Crippen molar-refractivity contribution in [2.75, 3.05) is 5.32 Å². The van der Waals surface area contributed by atoms with Crippen molar-refractivity contribution in [2.24, 2.45) is 11.8 Å². The van der Waals surface area contributed by atoms with Gasteiger partial charge in [-0.3, -0.25) is 14.6 Å². The Bertz CT molecular complexity index is 812. The van der Waals surface area contributed by atoms with Crippen LogP contribution in [-0.2, 0) is 22.6 Å². The average Bonchev–Trinajstić information content (AvgIpc) is 2.74. The van der Waals surface area contributed by atoms with Gasteiger partial charge in [-0.15, -0.1) is 0 Å². The molecule has 1 saturated carbocycles. The Morgan fingerprint density at radius 2 is 1.71 bits per heavy atom. The topological polar surface area (TPSA) is 71.1 Å². The van der Waals surface area contributed by atoms with Crippen molar-refractivity contribution in [3.63, 3.8) is 0 Å². The van der Waals surface area contributed by atoms with Crippen LogP contribution >= 0.6 is 0 Å². The molecule has 148 valence electrons. The molecular weight excluding hydrogens is 350 g/mol. The largest absolute Gasteiger partial charge is 0.350 e. The van der Waals surface area contributed by atoms with Crippen LogP contribution in [0.25, 0.3) is 0 Å². The van der Waals surface area contributed by atoms with E-state index in [1.807, 2.05) is 37.3 Å². The van der Waals surface area contributed by atoms with Crippen molar-refractivity contribution in [2.45, 2.75) is 52.5 Å². The Balaban J connectivity index is 1.49. The van der Waals surface area contributed by atoms with Crippen LogP contribution < -0.4 is 10.6 Å². The van der Waals surface area contributed by atoms with E-state index in [0.29, 0.717) is 6.54 Å². The number of nitrogens with zero attached hydrogens (tertiary/aromatic N) is 1. The summed E-state index contributed by atoms with van der Waals surface area (Å²) in [6.45, 7) is 4.57. The lowest BCUT2D eigenvalue weighted by molar-refractivity contribution is -0.128. The van der Waals surface area contributed by atoms with Gasteiger partial charge in [0.25, 0.3) is 0 Å². The molecular formula is C23H29N3O2. The van der Waals surface area contributed by atoms with Crippen molar-refractivity contribution in [3.05, 3.63) is 59.4 Å². The van der Waals surface area contributed by atoms with Crippen molar-refractivity contribution >= 4 is 17.5 Å². The number of hydrogen-bond acceptors (Lipinski definition) is 3. The van der Waals surface area contributed by atoms with E-state index in [4.69, 9.17) is 0 Å². The summed E-state index contributed by atoms with van der Waals surface area (Å²) in [7, 11) is 0. The predicted octanol–water partition coefficient (Wildman–Crippen LogP) is 4.01.